The third kappa shape index (κ3) is 1.86. The number of nitrogens with zero attached hydrogens (tertiary/aromatic N) is 2. The fourth-order valence-electron chi connectivity index (χ4n) is 8.06. The van der Waals surface area contributed by atoms with Gasteiger partial charge >= 0.3 is 5.97 Å². The molecule has 0 unspecified atom stereocenters. The van der Waals surface area contributed by atoms with Crippen molar-refractivity contribution in [3.05, 3.63) is 23.8 Å². The molecule has 1 aromatic carbocycles. The van der Waals surface area contributed by atoms with Crippen LogP contribution in [0.5, 0.6) is 17.2 Å². The molecule has 0 N–H and O–H groups in total. The van der Waals surface area contributed by atoms with Gasteiger partial charge in [0.2, 0.25) is 5.75 Å². The molecule has 1 saturated carbocycles. The molecule has 6 aliphatic rings. The van der Waals surface area contributed by atoms with Crippen LogP contribution in [0.4, 0.5) is 5.69 Å². The molecular formula is C24H28N2O5. The van der Waals surface area contributed by atoms with E-state index in [1.165, 1.54) is 11.3 Å². The number of ether oxygens (including phenoxy) is 4. The molecular weight excluding hydrogens is 396 g/mol. The van der Waals surface area contributed by atoms with Gasteiger partial charge in [-0.05, 0) is 31.5 Å². The number of carbonyl (C=O) groups excluding carboxylic acids is 1. The summed E-state index contributed by atoms with van der Waals surface area (Å²) in [7, 11) is 3.37. The van der Waals surface area contributed by atoms with Gasteiger partial charge in [0.25, 0.3) is 0 Å². The zero-order valence-corrected chi connectivity index (χ0v) is 18.2. The Morgan fingerprint density at radius 2 is 2.13 bits per heavy atom. The second kappa shape index (κ2) is 5.68. The summed E-state index contributed by atoms with van der Waals surface area (Å²) in [5, 5.41) is 0. The lowest BCUT2D eigenvalue weighted by atomic mass is 9.53. The van der Waals surface area contributed by atoms with Gasteiger partial charge in [-0.25, -0.2) is 0 Å². The van der Waals surface area contributed by atoms with Crippen LogP contribution in [-0.2, 0) is 14.9 Å². The fourth-order valence-corrected chi connectivity index (χ4v) is 8.06. The number of rotatable bonds is 2. The Balaban J connectivity index is 1.53. The van der Waals surface area contributed by atoms with Crippen LogP contribution in [0.2, 0.25) is 0 Å². The van der Waals surface area contributed by atoms with E-state index in [4.69, 9.17) is 18.9 Å². The molecule has 1 aliphatic carbocycles. The Morgan fingerprint density at radius 3 is 2.94 bits per heavy atom. The summed E-state index contributed by atoms with van der Waals surface area (Å²) in [6.07, 6.45) is 6.89. The summed E-state index contributed by atoms with van der Waals surface area (Å²) >= 11 is 0. The SMILES string of the molecule is COc1cc2c3c(c1OC)OC[C@@H](C)N3[C@@H]1C[C@@H]3OC(=O)C[C@@]34C=CCN3CC[C@@]21[C@@H]34. The first kappa shape index (κ1) is 18.2. The van der Waals surface area contributed by atoms with Crippen molar-refractivity contribution < 1.29 is 23.7 Å². The van der Waals surface area contributed by atoms with E-state index in [0.29, 0.717) is 18.8 Å². The van der Waals surface area contributed by atoms with Gasteiger partial charge in [-0.2, -0.15) is 0 Å². The summed E-state index contributed by atoms with van der Waals surface area (Å²) < 4.78 is 23.8. The number of hydrogen-bond donors (Lipinski definition) is 0. The molecule has 0 aromatic heterocycles. The smallest absolute Gasteiger partial charge is 0.307 e. The molecule has 1 aromatic rings. The van der Waals surface area contributed by atoms with Crippen LogP contribution in [0.3, 0.4) is 0 Å². The van der Waals surface area contributed by atoms with Gasteiger partial charge in [-0.3, -0.25) is 9.69 Å². The normalized spacial score (nSPS) is 41.1. The first-order valence-corrected chi connectivity index (χ1v) is 11.4. The van der Waals surface area contributed by atoms with Crippen molar-refractivity contribution in [2.75, 3.05) is 38.8 Å². The lowest BCUT2D eigenvalue weighted by Crippen LogP contribution is -2.68. The average molecular weight is 424 g/mol. The number of fused-ring (bicyclic) bond motifs is 1. The highest BCUT2D eigenvalue weighted by molar-refractivity contribution is 5.82. The zero-order valence-electron chi connectivity index (χ0n) is 18.2. The van der Waals surface area contributed by atoms with Crippen LogP contribution < -0.4 is 19.1 Å². The van der Waals surface area contributed by atoms with Crippen molar-refractivity contribution in [1.82, 2.24) is 4.90 Å². The molecule has 5 heterocycles. The molecule has 3 fully saturated rings. The van der Waals surface area contributed by atoms with E-state index in [0.717, 1.165) is 37.4 Å². The maximum absolute atomic E-state index is 12.6. The van der Waals surface area contributed by atoms with Gasteiger partial charge in [-0.15, -0.1) is 0 Å². The molecule has 2 spiro atoms. The molecule has 2 saturated heterocycles. The number of methoxy groups -OCH3 is 2. The molecule has 6 atom stereocenters. The van der Waals surface area contributed by atoms with Crippen molar-refractivity contribution in [3.63, 3.8) is 0 Å². The zero-order chi connectivity index (χ0) is 21.1. The minimum Gasteiger partial charge on any atom is -0.493 e. The highest BCUT2D eigenvalue weighted by Gasteiger charge is 2.74. The minimum atomic E-state index is -0.249. The van der Waals surface area contributed by atoms with Crippen molar-refractivity contribution in [2.24, 2.45) is 5.41 Å². The molecule has 0 amide bonds. The molecule has 7 heteroatoms. The standard InChI is InChI=1S/C24H28N2O5/c1-13-12-30-21-19-14(9-15(28-2)20(21)29-3)24-6-8-25-7-4-5-23(22(24)25)11-18(27)31-17(23)10-16(24)26(13)19/h4-5,9,13,16-17,22H,6-8,10-12H2,1-3H3/t13-,16-,17+,22+,23+,24-/m1/s1. The Hall–Kier alpha value is -2.41. The molecule has 164 valence electrons. The topological polar surface area (TPSA) is 60.5 Å². The number of esters is 1. The van der Waals surface area contributed by atoms with Crippen molar-refractivity contribution in [1.29, 1.82) is 0 Å². The number of carbonyl (C=O) groups is 1. The maximum atomic E-state index is 12.6. The van der Waals surface area contributed by atoms with Gasteiger partial charge in [0, 0.05) is 30.5 Å². The van der Waals surface area contributed by atoms with Crippen LogP contribution in [0.25, 0.3) is 0 Å². The van der Waals surface area contributed by atoms with Crippen LogP contribution in [-0.4, -0.2) is 69.0 Å². The van der Waals surface area contributed by atoms with E-state index >= 15 is 0 Å². The number of anilines is 1. The highest BCUT2D eigenvalue weighted by Crippen LogP contribution is 2.69. The van der Waals surface area contributed by atoms with Crippen LogP contribution >= 0.6 is 0 Å². The first-order chi connectivity index (χ1) is 15.0. The van der Waals surface area contributed by atoms with Crippen molar-refractivity contribution in [2.45, 2.75) is 55.8 Å². The van der Waals surface area contributed by atoms with E-state index in [2.05, 4.69) is 34.9 Å². The van der Waals surface area contributed by atoms with E-state index in [-0.39, 0.29) is 41.0 Å². The summed E-state index contributed by atoms with van der Waals surface area (Å²) in [6.45, 7) is 4.80. The van der Waals surface area contributed by atoms with E-state index in [1.807, 2.05) is 0 Å². The average Bonchev–Trinajstić information content (AvgIpc) is 3.40. The molecule has 31 heavy (non-hydrogen) atoms. The van der Waals surface area contributed by atoms with Gasteiger partial charge in [-0.1, -0.05) is 12.2 Å². The molecule has 7 nitrogen and oxygen atoms in total. The predicted octanol–water partition coefficient (Wildman–Crippen LogP) is 2.26. The van der Waals surface area contributed by atoms with Crippen LogP contribution in [0, 0.1) is 5.41 Å². The highest BCUT2D eigenvalue weighted by atomic mass is 16.6. The summed E-state index contributed by atoms with van der Waals surface area (Å²) in [5.74, 6) is 2.15. The minimum absolute atomic E-state index is 0.0539. The Kier molecular flexibility index (Phi) is 3.33. The summed E-state index contributed by atoms with van der Waals surface area (Å²) in [4.78, 5) is 17.7. The second-order valence-electron chi connectivity index (χ2n) is 10.0. The van der Waals surface area contributed by atoms with Crippen LogP contribution in [0.1, 0.15) is 31.7 Å². The Morgan fingerprint density at radius 1 is 1.26 bits per heavy atom. The Labute approximate surface area is 181 Å². The van der Waals surface area contributed by atoms with E-state index < -0.39 is 0 Å². The third-order valence-corrected chi connectivity index (χ3v) is 8.94. The maximum Gasteiger partial charge on any atom is 0.307 e. The number of hydrogen-bond acceptors (Lipinski definition) is 7. The summed E-state index contributed by atoms with van der Waals surface area (Å²) in [6, 6.07) is 2.94. The molecule has 0 radical (unpaired) electrons. The molecule has 7 rings (SSSR count). The van der Waals surface area contributed by atoms with Crippen molar-refractivity contribution in [3.8, 4) is 17.2 Å². The van der Waals surface area contributed by atoms with Gasteiger partial charge in [0.1, 0.15) is 12.7 Å². The third-order valence-electron chi connectivity index (χ3n) is 8.94. The monoisotopic (exact) mass is 424 g/mol. The lowest BCUT2D eigenvalue weighted by Gasteiger charge is -2.57. The van der Waals surface area contributed by atoms with Gasteiger partial charge in [0.15, 0.2) is 11.5 Å². The lowest BCUT2D eigenvalue weighted by molar-refractivity contribution is -0.143. The van der Waals surface area contributed by atoms with Crippen molar-refractivity contribution >= 4 is 11.7 Å². The Bertz CT molecular complexity index is 1040. The van der Waals surface area contributed by atoms with Gasteiger partial charge in [0.05, 0.1) is 37.8 Å². The predicted molar refractivity (Wildman–Crippen MR) is 113 cm³/mol. The molecule has 5 aliphatic heterocycles. The van der Waals surface area contributed by atoms with E-state index in [9.17, 15) is 4.79 Å². The van der Waals surface area contributed by atoms with Gasteiger partial charge < -0.3 is 23.8 Å². The first-order valence-electron chi connectivity index (χ1n) is 11.4. The van der Waals surface area contributed by atoms with Crippen LogP contribution in [0.15, 0.2) is 18.2 Å². The quantitative estimate of drug-likeness (QED) is 0.533. The van der Waals surface area contributed by atoms with E-state index in [1.54, 1.807) is 14.2 Å². The second-order valence-corrected chi connectivity index (χ2v) is 10.0. The number of benzene rings is 1. The summed E-state index contributed by atoms with van der Waals surface area (Å²) in [5.41, 5.74) is 2.14. The fraction of sp³-hybridized carbons (Fsp3) is 0.625. The molecule has 0 bridgehead atoms. The largest absolute Gasteiger partial charge is 0.493 e.